The molecule has 1 N–H and O–H groups in total. The van der Waals surface area contributed by atoms with Crippen LogP contribution in [0, 0.1) is 0 Å². The molecule has 0 radical (unpaired) electrons. The maximum absolute atomic E-state index is 5.92. The van der Waals surface area contributed by atoms with Crippen molar-refractivity contribution < 1.29 is 4.74 Å². The van der Waals surface area contributed by atoms with E-state index in [-0.39, 0.29) is 6.10 Å². The van der Waals surface area contributed by atoms with Gasteiger partial charge in [0.15, 0.2) is 0 Å². The fraction of sp³-hybridized carbons (Fsp3) is 0.333. The zero-order valence-corrected chi connectivity index (χ0v) is 11.2. The van der Waals surface area contributed by atoms with E-state index in [1.165, 1.54) is 10.4 Å². The molecular formula is C15H17NOS. The van der Waals surface area contributed by atoms with Gasteiger partial charge in [-0.2, -0.15) is 0 Å². The largest absolute Gasteiger partial charge is 0.488 e. The van der Waals surface area contributed by atoms with Crippen molar-refractivity contribution in [3.63, 3.8) is 0 Å². The van der Waals surface area contributed by atoms with Crippen LogP contribution in [0.3, 0.4) is 0 Å². The van der Waals surface area contributed by atoms with Crippen LogP contribution in [-0.4, -0.2) is 12.6 Å². The maximum Gasteiger partial charge on any atom is 0.123 e. The molecule has 0 spiro atoms. The quantitative estimate of drug-likeness (QED) is 0.908. The molecule has 2 aromatic rings. The summed E-state index contributed by atoms with van der Waals surface area (Å²) in [5, 5.41) is 5.67. The van der Waals surface area contributed by atoms with Crippen LogP contribution in [0.1, 0.15) is 23.4 Å². The predicted molar refractivity (Wildman–Crippen MR) is 75.3 cm³/mol. The van der Waals surface area contributed by atoms with Gasteiger partial charge >= 0.3 is 0 Å². The smallest absolute Gasteiger partial charge is 0.123 e. The number of hydrogen-bond donors (Lipinski definition) is 1. The van der Waals surface area contributed by atoms with E-state index in [9.17, 15) is 0 Å². The van der Waals surface area contributed by atoms with Crippen LogP contribution in [0.4, 0.5) is 0 Å². The molecule has 0 aliphatic carbocycles. The van der Waals surface area contributed by atoms with E-state index in [4.69, 9.17) is 4.74 Å². The Balaban J connectivity index is 1.54. The summed E-state index contributed by atoms with van der Waals surface area (Å²) in [6.45, 7) is 3.10. The minimum Gasteiger partial charge on any atom is -0.488 e. The second kappa shape index (κ2) is 5.12. The first-order valence-corrected chi connectivity index (χ1v) is 7.22. The van der Waals surface area contributed by atoms with Gasteiger partial charge in [0.2, 0.25) is 0 Å². The first-order chi connectivity index (χ1) is 8.83. The van der Waals surface area contributed by atoms with Crippen molar-refractivity contribution in [1.82, 2.24) is 5.32 Å². The van der Waals surface area contributed by atoms with Gasteiger partial charge in [0, 0.05) is 23.9 Å². The van der Waals surface area contributed by atoms with Gasteiger partial charge in [-0.3, -0.25) is 0 Å². The molecule has 1 aliphatic rings. The lowest BCUT2D eigenvalue weighted by atomic mass is 10.1. The van der Waals surface area contributed by atoms with Gasteiger partial charge in [0.25, 0.3) is 0 Å². The molecule has 2 unspecified atom stereocenters. The van der Waals surface area contributed by atoms with Crippen molar-refractivity contribution in [1.29, 1.82) is 0 Å². The number of thiophene rings is 1. The molecule has 2 nitrogen and oxygen atoms in total. The summed E-state index contributed by atoms with van der Waals surface area (Å²) in [7, 11) is 0. The lowest BCUT2D eigenvalue weighted by Crippen LogP contribution is -2.31. The molecule has 3 heteroatoms. The lowest BCUT2D eigenvalue weighted by molar-refractivity contribution is 0.223. The van der Waals surface area contributed by atoms with Crippen LogP contribution in [0.15, 0.2) is 41.8 Å². The van der Waals surface area contributed by atoms with Crippen molar-refractivity contribution in [2.24, 2.45) is 0 Å². The van der Waals surface area contributed by atoms with E-state index in [0.717, 1.165) is 18.7 Å². The highest BCUT2D eigenvalue weighted by molar-refractivity contribution is 7.10. The molecule has 2 heterocycles. The van der Waals surface area contributed by atoms with Gasteiger partial charge in [-0.15, -0.1) is 11.3 Å². The summed E-state index contributed by atoms with van der Waals surface area (Å²) in [6, 6.07) is 13.0. The Labute approximate surface area is 112 Å². The van der Waals surface area contributed by atoms with E-state index in [1.54, 1.807) is 11.3 Å². The zero-order chi connectivity index (χ0) is 12.4. The van der Waals surface area contributed by atoms with E-state index in [2.05, 4.69) is 48.0 Å². The van der Waals surface area contributed by atoms with Crippen LogP contribution >= 0.6 is 11.3 Å². The Kier molecular flexibility index (Phi) is 3.35. The second-order valence-corrected chi connectivity index (χ2v) is 5.68. The summed E-state index contributed by atoms with van der Waals surface area (Å²) in [4.78, 5) is 1.38. The maximum atomic E-state index is 5.92. The van der Waals surface area contributed by atoms with E-state index < -0.39 is 0 Å². The molecule has 2 atom stereocenters. The van der Waals surface area contributed by atoms with E-state index in [0.29, 0.717) is 6.04 Å². The topological polar surface area (TPSA) is 21.3 Å². The summed E-state index contributed by atoms with van der Waals surface area (Å²) < 4.78 is 5.92. The summed E-state index contributed by atoms with van der Waals surface area (Å²) in [6.07, 6.45) is 1.28. The standard InChI is InChI=1S/C15H17NOS/c1-11(15-7-4-8-18-15)16-10-13-9-12-5-2-3-6-14(12)17-13/h2-8,11,13,16H,9-10H2,1H3. The lowest BCUT2D eigenvalue weighted by Gasteiger charge is -2.16. The Morgan fingerprint density at radius 3 is 3.00 bits per heavy atom. The summed E-state index contributed by atoms with van der Waals surface area (Å²) in [5.41, 5.74) is 1.33. The van der Waals surface area contributed by atoms with Gasteiger partial charge in [0.05, 0.1) is 0 Å². The number of hydrogen-bond acceptors (Lipinski definition) is 3. The van der Waals surface area contributed by atoms with Gasteiger partial charge in [-0.05, 0) is 30.0 Å². The summed E-state index contributed by atoms with van der Waals surface area (Å²) in [5.74, 6) is 1.05. The Bertz CT molecular complexity index is 484. The highest BCUT2D eigenvalue weighted by Gasteiger charge is 2.22. The van der Waals surface area contributed by atoms with Gasteiger partial charge in [-0.1, -0.05) is 24.3 Å². The van der Waals surface area contributed by atoms with Crippen molar-refractivity contribution in [2.45, 2.75) is 25.5 Å². The monoisotopic (exact) mass is 259 g/mol. The normalized spacial score (nSPS) is 19.3. The third kappa shape index (κ3) is 2.42. The SMILES string of the molecule is CC(NCC1Cc2ccccc2O1)c1cccs1. The van der Waals surface area contributed by atoms with Gasteiger partial charge < -0.3 is 10.1 Å². The van der Waals surface area contributed by atoms with Crippen LogP contribution < -0.4 is 10.1 Å². The number of benzene rings is 1. The van der Waals surface area contributed by atoms with Crippen LogP contribution in [-0.2, 0) is 6.42 Å². The fourth-order valence-corrected chi connectivity index (χ4v) is 3.07. The van der Waals surface area contributed by atoms with Crippen molar-refractivity contribution in [3.8, 4) is 5.75 Å². The number of para-hydroxylation sites is 1. The van der Waals surface area contributed by atoms with E-state index >= 15 is 0 Å². The molecule has 0 saturated heterocycles. The first kappa shape index (κ1) is 11.8. The Hall–Kier alpha value is -1.32. The molecule has 1 aliphatic heterocycles. The van der Waals surface area contributed by atoms with Crippen LogP contribution in [0.5, 0.6) is 5.75 Å². The summed E-state index contributed by atoms with van der Waals surface area (Å²) >= 11 is 1.80. The minimum atomic E-state index is 0.268. The van der Waals surface area contributed by atoms with Gasteiger partial charge in [0.1, 0.15) is 11.9 Å². The van der Waals surface area contributed by atoms with Crippen LogP contribution in [0.25, 0.3) is 0 Å². The number of rotatable bonds is 4. The Morgan fingerprint density at radius 2 is 2.22 bits per heavy atom. The predicted octanol–water partition coefficient (Wildman–Crippen LogP) is 3.40. The highest BCUT2D eigenvalue weighted by Crippen LogP contribution is 2.28. The minimum absolute atomic E-state index is 0.268. The third-order valence-electron chi connectivity index (χ3n) is 3.34. The fourth-order valence-electron chi connectivity index (χ4n) is 2.31. The molecule has 0 amide bonds. The molecule has 1 aromatic heterocycles. The molecule has 0 saturated carbocycles. The average molecular weight is 259 g/mol. The first-order valence-electron chi connectivity index (χ1n) is 6.34. The average Bonchev–Trinajstić information content (AvgIpc) is 3.04. The van der Waals surface area contributed by atoms with Crippen molar-refractivity contribution in [2.75, 3.05) is 6.54 Å². The number of fused-ring (bicyclic) bond motifs is 1. The number of nitrogens with one attached hydrogen (secondary N) is 1. The molecule has 94 valence electrons. The van der Waals surface area contributed by atoms with Crippen molar-refractivity contribution >= 4 is 11.3 Å². The molecule has 3 rings (SSSR count). The molecular weight excluding hydrogens is 242 g/mol. The highest BCUT2D eigenvalue weighted by atomic mass is 32.1. The second-order valence-electron chi connectivity index (χ2n) is 4.70. The number of ether oxygens (including phenoxy) is 1. The zero-order valence-electron chi connectivity index (χ0n) is 10.4. The van der Waals surface area contributed by atoms with Crippen LogP contribution in [0.2, 0.25) is 0 Å². The molecule has 1 aromatic carbocycles. The van der Waals surface area contributed by atoms with E-state index in [1.807, 2.05) is 6.07 Å². The Morgan fingerprint density at radius 1 is 1.33 bits per heavy atom. The van der Waals surface area contributed by atoms with Crippen molar-refractivity contribution in [3.05, 3.63) is 52.2 Å². The molecule has 0 fully saturated rings. The third-order valence-corrected chi connectivity index (χ3v) is 4.39. The molecule has 18 heavy (non-hydrogen) atoms. The van der Waals surface area contributed by atoms with Gasteiger partial charge in [-0.25, -0.2) is 0 Å². The molecule has 0 bridgehead atoms.